The van der Waals surface area contributed by atoms with Crippen LogP contribution in [0.15, 0.2) is 231 Å². The van der Waals surface area contributed by atoms with Crippen molar-refractivity contribution in [2.75, 3.05) is 4.90 Å². The number of nitrogens with zero attached hydrogens (tertiary/aromatic N) is 2. The monoisotopic (exact) mass is 726 g/mol. The first-order chi connectivity index (χ1) is 28.3. The maximum absolute atomic E-state index is 2.48. The highest BCUT2D eigenvalue weighted by Gasteiger charge is 2.46. The van der Waals surface area contributed by atoms with Gasteiger partial charge in [0.2, 0.25) is 0 Å². The van der Waals surface area contributed by atoms with Crippen LogP contribution in [0.1, 0.15) is 22.3 Å². The number of aromatic nitrogens is 1. The maximum atomic E-state index is 2.48. The molecule has 0 atom stereocenters. The molecule has 2 nitrogen and oxygen atoms in total. The summed E-state index contributed by atoms with van der Waals surface area (Å²) in [6, 6.07) is 84.3. The number of rotatable bonds is 7. The number of anilines is 3. The van der Waals surface area contributed by atoms with E-state index in [1.54, 1.807) is 0 Å². The van der Waals surface area contributed by atoms with Gasteiger partial charge < -0.3 is 9.47 Å². The third kappa shape index (κ3) is 5.11. The Morgan fingerprint density at radius 2 is 0.912 bits per heavy atom. The Bertz CT molecular complexity index is 3000. The Hall–Kier alpha value is -7.42. The van der Waals surface area contributed by atoms with Gasteiger partial charge in [0.05, 0.1) is 22.1 Å². The van der Waals surface area contributed by atoms with Crippen LogP contribution in [0.5, 0.6) is 0 Å². The van der Waals surface area contributed by atoms with Crippen LogP contribution in [0.3, 0.4) is 0 Å². The molecule has 1 aromatic heterocycles. The number of fused-ring (bicyclic) bond motifs is 6. The van der Waals surface area contributed by atoms with E-state index >= 15 is 0 Å². The molecular weight excluding hydrogens is 689 g/mol. The summed E-state index contributed by atoms with van der Waals surface area (Å²) < 4.78 is 2.40. The Kier molecular flexibility index (Phi) is 7.75. The van der Waals surface area contributed by atoms with Crippen LogP contribution in [-0.2, 0) is 5.41 Å². The van der Waals surface area contributed by atoms with Crippen molar-refractivity contribution < 1.29 is 0 Å². The lowest BCUT2D eigenvalue weighted by Crippen LogP contribution is -2.28. The molecule has 0 spiro atoms. The number of benzene rings is 9. The molecule has 0 fully saturated rings. The number of hydrogen-bond donors (Lipinski definition) is 0. The zero-order valence-corrected chi connectivity index (χ0v) is 31.3. The van der Waals surface area contributed by atoms with Crippen molar-refractivity contribution in [3.63, 3.8) is 0 Å². The average molecular weight is 727 g/mol. The standard InChI is InChI=1S/C55H38N2/c1-5-18-39(19-6-1)40-32-34-44(35-33-40)56(52-30-17-31-53-54(52)48-27-14-16-29-51(48)57(53)43-24-11-4-12-25-43)45-36-37-47-46-26-13-15-28-49(46)55(50(47)38-45,41-20-7-2-8-21-41)42-22-9-3-10-23-42/h1-38H. The van der Waals surface area contributed by atoms with Crippen molar-refractivity contribution in [1.82, 2.24) is 4.57 Å². The molecule has 57 heavy (non-hydrogen) atoms. The van der Waals surface area contributed by atoms with Gasteiger partial charge in [-0.3, -0.25) is 0 Å². The number of para-hydroxylation sites is 2. The lowest BCUT2D eigenvalue weighted by atomic mass is 9.67. The molecule has 2 heteroatoms. The normalized spacial score (nSPS) is 12.7. The van der Waals surface area contributed by atoms with Crippen molar-refractivity contribution >= 4 is 38.9 Å². The van der Waals surface area contributed by atoms with Crippen molar-refractivity contribution in [3.05, 3.63) is 253 Å². The second-order valence-electron chi connectivity index (χ2n) is 14.9. The SMILES string of the molecule is c1ccc(-c2ccc(N(c3ccc4c(c3)C(c3ccccc3)(c3ccccc3)c3ccccc3-4)c3cccc4c3c3ccccc3n4-c3ccccc3)cc2)cc1. The van der Waals surface area contributed by atoms with Gasteiger partial charge in [-0.1, -0.05) is 176 Å². The van der Waals surface area contributed by atoms with Gasteiger partial charge in [-0.15, -0.1) is 0 Å². The molecular formula is C55H38N2. The minimum Gasteiger partial charge on any atom is -0.310 e. The van der Waals surface area contributed by atoms with E-state index in [1.807, 2.05) is 0 Å². The van der Waals surface area contributed by atoms with E-state index in [0.717, 1.165) is 22.7 Å². The summed E-state index contributed by atoms with van der Waals surface area (Å²) in [5, 5.41) is 2.43. The number of hydrogen-bond acceptors (Lipinski definition) is 1. The molecule has 0 amide bonds. The van der Waals surface area contributed by atoms with Crippen LogP contribution in [0.25, 0.3) is 49.7 Å². The van der Waals surface area contributed by atoms with Gasteiger partial charge in [-0.05, 0) is 99.1 Å². The summed E-state index contributed by atoms with van der Waals surface area (Å²) in [6.07, 6.45) is 0. The Morgan fingerprint density at radius 3 is 1.63 bits per heavy atom. The van der Waals surface area contributed by atoms with Crippen LogP contribution in [-0.4, -0.2) is 4.57 Å². The van der Waals surface area contributed by atoms with Crippen LogP contribution in [0, 0.1) is 0 Å². The van der Waals surface area contributed by atoms with Gasteiger partial charge in [0, 0.05) is 27.8 Å². The fourth-order valence-corrected chi connectivity index (χ4v) is 9.47. The van der Waals surface area contributed by atoms with E-state index in [1.165, 1.54) is 66.3 Å². The zero-order chi connectivity index (χ0) is 37.8. The predicted octanol–water partition coefficient (Wildman–Crippen LogP) is 14.3. The largest absolute Gasteiger partial charge is 0.310 e. The van der Waals surface area contributed by atoms with Crippen LogP contribution < -0.4 is 4.90 Å². The predicted molar refractivity (Wildman–Crippen MR) is 238 cm³/mol. The molecule has 0 aliphatic heterocycles. The van der Waals surface area contributed by atoms with Gasteiger partial charge in [-0.25, -0.2) is 0 Å². The third-order valence-corrected chi connectivity index (χ3v) is 11.9. The van der Waals surface area contributed by atoms with Crippen molar-refractivity contribution in [2.45, 2.75) is 5.41 Å². The van der Waals surface area contributed by atoms with E-state index in [2.05, 4.69) is 240 Å². The Labute approximate surface area is 333 Å². The highest BCUT2D eigenvalue weighted by atomic mass is 15.1. The zero-order valence-electron chi connectivity index (χ0n) is 31.3. The van der Waals surface area contributed by atoms with Crippen LogP contribution >= 0.6 is 0 Å². The van der Waals surface area contributed by atoms with E-state index in [0.29, 0.717) is 0 Å². The molecule has 268 valence electrons. The van der Waals surface area contributed by atoms with E-state index in [9.17, 15) is 0 Å². The molecule has 1 heterocycles. The average Bonchev–Trinajstić information content (AvgIpc) is 3.79. The molecule has 11 rings (SSSR count). The summed E-state index contributed by atoms with van der Waals surface area (Å²) in [5.41, 5.74) is 16.3. The lowest BCUT2D eigenvalue weighted by molar-refractivity contribution is 0.768. The summed E-state index contributed by atoms with van der Waals surface area (Å²) in [6.45, 7) is 0. The second kappa shape index (κ2) is 13.4. The van der Waals surface area contributed by atoms with Crippen molar-refractivity contribution in [1.29, 1.82) is 0 Å². The molecule has 1 aliphatic carbocycles. The van der Waals surface area contributed by atoms with Gasteiger partial charge in [-0.2, -0.15) is 0 Å². The summed E-state index contributed by atoms with van der Waals surface area (Å²) in [7, 11) is 0. The van der Waals surface area contributed by atoms with Crippen molar-refractivity contribution in [3.8, 4) is 27.9 Å². The Morgan fingerprint density at radius 1 is 0.368 bits per heavy atom. The van der Waals surface area contributed by atoms with Gasteiger partial charge in [0.25, 0.3) is 0 Å². The minimum atomic E-state index is -0.511. The second-order valence-corrected chi connectivity index (χ2v) is 14.9. The molecule has 0 radical (unpaired) electrons. The first-order valence-corrected chi connectivity index (χ1v) is 19.7. The molecule has 0 N–H and O–H groups in total. The van der Waals surface area contributed by atoms with Crippen molar-refractivity contribution in [2.24, 2.45) is 0 Å². The minimum absolute atomic E-state index is 0.511. The lowest BCUT2D eigenvalue weighted by Gasteiger charge is -2.35. The summed E-state index contributed by atoms with van der Waals surface area (Å²) in [5.74, 6) is 0. The Balaban J connectivity index is 1.21. The smallest absolute Gasteiger partial charge is 0.0714 e. The summed E-state index contributed by atoms with van der Waals surface area (Å²) in [4.78, 5) is 2.48. The highest BCUT2D eigenvalue weighted by molar-refractivity contribution is 6.16. The quantitative estimate of drug-likeness (QED) is 0.159. The maximum Gasteiger partial charge on any atom is 0.0714 e. The molecule has 1 aliphatic rings. The fourth-order valence-electron chi connectivity index (χ4n) is 9.47. The van der Waals surface area contributed by atoms with Gasteiger partial charge in [0.1, 0.15) is 0 Å². The highest BCUT2D eigenvalue weighted by Crippen LogP contribution is 2.57. The first kappa shape index (κ1) is 33.0. The van der Waals surface area contributed by atoms with Gasteiger partial charge >= 0.3 is 0 Å². The van der Waals surface area contributed by atoms with Crippen LogP contribution in [0.2, 0.25) is 0 Å². The third-order valence-electron chi connectivity index (χ3n) is 11.9. The first-order valence-electron chi connectivity index (χ1n) is 19.7. The summed E-state index contributed by atoms with van der Waals surface area (Å²) >= 11 is 0. The van der Waals surface area contributed by atoms with Gasteiger partial charge in [0.15, 0.2) is 0 Å². The van der Waals surface area contributed by atoms with E-state index in [-0.39, 0.29) is 0 Å². The van der Waals surface area contributed by atoms with Crippen LogP contribution in [0.4, 0.5) is 17.1 Å². The molecule has 0 bridgehead atoms. The molecule has 9 aromatic carbocycles. The molecule has 0 unspecified atom stereocenters. The molecule has 10 aromatic rings. The van der Waals surface area contributed by atoms with E-state index < -0.39 is 5.41 Å². The molecule has 0 saturated heterocycles. The van der Waals surface area contributed by atoms with E-state index in [4.69, 9.17) is 0 Å². The fraction of sp³-hybridized carbons (Fsp3) is 0.0182. The topological polar surface area (TPSA) is 8.17 Å². The molecule has 0 saturated carbocycles.